The summed E-state index contributed by atoms with van der Waals surface area (Å²) in [5.74, 6) is 3.02. The molecule has 2 atom stereocenters. The van der Waals surface area contributed by atoms with Crippen LogP contribution >= 0.6 is 15.9 Å². The van der Waals surface area contributed by atoms with Gasteiger partial charge in [0.1, 0.15) is 11.4 Å². The molecule has 1 aromatic rings. The number of terminal acetylenes is 1. The van der Waals surface area contributed by atoms with E-state index in [9.17, 15) is 4.79 Å². The molecule has 1 aliphatic heterocycles. The highest BCUT2D eigenvalue weighted by atomic mass is 79.9. The van der Waals surface area contributed by atoms with E-state index in [1.165, 1.54) is 11.1 Å². The molecule has 5 heteroatoms. The van der Waals surface area contributed by atoms with E-state index in [1.54, 1.807) is 4.90 Å². The van der Waals surface area contributed by atoms with Gasteiger partial charge in [-0.25, -0.2) is 4.79 Å². The van der Waals surface area contributed by atoms with Gasteiger partial charge in [-0.15, -0.1) is 6.42 Å². The zero-order chi connectivity index (χ0) is 15.2. The summed E-state index contributed by atoms with van der Waals surface area (Å²) in [5.41, 5.74) is 8.04. The van der Waals surface area contributed by atoms with E-state index in [2.05, 4.69) is 39.0 Å². The number of nitrogens with two attached hydrogens (primary N) is 1. The van der Waals surface area contributed by atoms with Gasteiger partial charge in [0.15, 0.2) is 0 Å². The average molecular weight is 346 g/mol. The number of hydrogen-bond acceptors (Lipinski definition) is 2. The Hall–Kier alpha value is -1.80. The number of nitrogens with zero attached hydrogens (tertiary/aromatic N) is 2. The molecule has 0 aromatic heterocycles. The van der Waals surface area contributed by atoms with Crippen LogP contribution in [0.4, 0.5) is 4.79 Å². The molecule has 3 rings (SSSR count). The second kappa shape index (κ2) is 4.88. The minimum Gasteiger partial charge on any atom is -0.385 e. The predicted molar refractivity (Wildman–Crippen MR) is 86.1 cm³/mol. The number of amides is 2. The third-order valence-corrected chi connectivity index (χ3v) is 4.94. The van der Waals surface area contributed by atoms with Gasteiger partial charge in [0.25, 0.3) is 0 Å². The van der Waals surface area contributed by atoms with Gasteiger partial charge in [0.05, 0.1) is 6.04 Å². The number of aliphatic imine (C=N–C) groups is 1. The fourth-order valence-corrected chi connectivity index (χ4v) is 3.76. The van der Waals surface area contributed by atoms with E-state index >= 15 is 0 Å². The summed E-state index contributed by atoms with van der Waals surface area (Å²) in [6, 6.07) is 5.57. The van der Waals surface area contributed by atoms with Crippen molar-refractivity contribution in [1.29, 1.82) is 0 Å². The smallest absolute Gasteiger partial charge is 0.347 e. The van der Waals surface area contributed by atoms with Gasteiger partial charge < -0.3 is 5.73 Å². The highest BCUT2D eigenvalue weighted by Gasteiger charge is 2.51. The number of urea groups is 1. The molecule has 4 nitrogen and oxygen atoms in total. The monoisotopic (exact) mass is 345 g/mol. The molecule has 2 aliphatic rings. The first-order valence-electron chi connectivity index (χ1n) is 6.89. The Morgan fingerprint density at radius 1 is 1.52 bits per heavy atom. The molecule has 1 aromatic carbocycles. The number of hydrogen-bond donors (Lipinski definition) is 1. The predicted octanol–water partition coefficient (Wildman–Crippen LogP) is 2.49. The lowest BCUT2D eigenvalue weighted by Crippen LogP contribution is -2.59. The van der Waals surface area contributed by atoms with Gasteiger partial charge in [0.2, 0.25) is 0 Å². The molecule has 2 amide bonds. The molecule has 2 N–H and O–H groups in total. The maximum Gasteiger partial charge on any atom is 0.347 e. The topological polar surface area (TPSA) is 58.7 Å². The molecule has 2 unspecified atom stereocenters. The van der Waals surface area contributed by atoms with Gasteiger partial charge in [-0.2, -0.15) is 4.99 Å². The van der Waals surface area contributed by atoms with Crippen molar-refractivity contribution < 1.29 is 4.79 Å². The highest BCUT2D eigenvalue weighted by Crippen LogP contribution is 2.39. The minimum absolute atomic E-state index is 0.320. The average Bonchev–Trinajstić information content (AvgIpc) is 2.69. The normalized spacial score (nSPS) is 25.5. The Morgan fingerprint density at radius 2 is 2.29 bits per heavy atom. The number of benzene rings is 1. The van der Waals surface area contributed by atoms with Crippen molar-refractivity contribution in [3.8, 4) is 12.3 Å². The maximum absolute atomic E-state index is 12.2. The summed E-state index contributed by atoms with van der Waals surface area (Å²) in [4.78, 5) is 17.8. The molecule has 1 aliphatic carbocycles. The second-order valence-electron chi connectivity index (χ2n) is 5.61. The number of halogens is 1. The summed E-state index contributed by atoms with van der Waals surface area (Å²) in [7, 11) is 0. The number of rotatable bonds is 1. The van der Waals surface area contributed by atoms with E-state index in [4.69, 9.17) is 12.2 Å². The summed E-state index contributed by atoms with van der Waals surface area (Å²) in [6.45, 7) is 1.84. The quantitative estimate of drug-likeness (QED) is 0.795. The summed E-state index contributed by atoms with van der Waals surface area (Å²) >= 11 is 3.49. The third-order valence-electron chi connectivity index (χ3n) is 4.45. The molecule has 0 saturated heterocycles. The lowest BCUT2D eigenvalue weighted by Gasteiger charge is -2.43. The number of fused-ring (bicyclic) bond motifs is 1. The van der Waals surface area contributed by atoms with Crippen LogP contribution in [0.3, 0.4) is 0 Å². The van der Waals surface area contributed by atoms with Crippen LogP contribution in [0.15, 0.2) is 27.7 Å². The fourth-order valence-electron chi connectivity index (χ4n) is 3.35. The largest absolute Gasteiger partial charge is 0.385 e. The van der Waals surface area contributed by atoms with Crippen molar-refractivity contribution in [3.05, 3.63) is 33.8 Å². The van der Waals surface area contributed by atoms with Crippen molar-refractivity contribution in [2.24, 2.45) is 10.7 Å². The van der Waals surface area contributed by atoms with Crippen LogP contribution in [0.25, 0.3) is 0 Å². The van der Waals surface area contributed by atoms with Gasteiger partial charge in [-0.3, -0.25) is 4.90 Å². The Balaban J connectivity index is 2.05. The molecule has 1 spiro atoms. The second-order valence-corrected chi connectivity index (χ2v) is 6.53. The number of aryl methyl sites for hydroxylation is 1. The van der Waals surface area contributed by atoms with Gasteiger partial charge in [-0.05, 0) is 43.0 Å². The molecule has 21 heavy (non-hydrogen) atoms. The zero-order valence-electron chi connectivity index (χ0n) is 11.8. The Morgan fingerprint density at radius 3 is 3.00 bits per heavy atom. The summed E-state index contributed by atoms with van der Waals surface area (Å²) in [6.07, 6.45) is 7.80. The van der Waals surface area contributed by atoms with Crippen molar-refractivity contribution in [1.82, 2.24) is 4.90 Å². The van der Waals surface area contributed by atoms with Crippen molar-refractivity contribution >= 4 is 27.8 Å². The van der Waals surface area contributed by atoms with Crippen molar-refractivity contribution in [3.63, 3.8) is 0 Å². The molecule has 108 valence electrons. The van der Waals surface area contributed by atoms with Gasteiger partial charge in [0, 0.05) is 10.9 Å². The van der Waals surface area contributed by atoms with Crippen LogP contribution in [-0.4, -0.2) is 28.3 Å². The molecular formula is C16H16BrN3O. The van der Waals surface area contributed by atoms with Crippen molar-refractivity contribution in [2.75, 3.05) is 0 Å². The standard InChI is InChI=1S/C16H16BrN3O/c1-3-10(2)20-15(21)19-14(18)16(20)7-6-11-8-13(17)5-4-12(11)9-16/h1,4-5,8,10H,6-7,9H2,2H3,(H2,18,19,21). The van der Waals surface area contributed by atoms with E-state index < -0.39 is 5.54 Å². The van der Waals surface area contributed by atoms with Gasteiger partial charge in [-0.1, -0.05) is 27.9 Å². The number of carbonyl (C=O) groups excluding carboxylic acids is 1. The third kappa shape index (κ3) is 2.06. The molecule has 1 heterocycles. The molecule has 0 radical (unpaired) electrons. The first kappa shape index (κ1) is 14.2. The van der Waals surface area contributed by atoms with E-state index in [-0.39, 0.29) is 12.1 Å². The van der Waals surface area contributed by atoms with E-state index in [0.29, 0.717) is 12.3 Å². The van der Waals surface area contributed by atoms with Crippen LogP contribution < -0.4 is 5.73 Å². The lowest BCUT2D eigenvalue weighted by molar-refractivity contribution is 0.148. The molecule has 0 saturated carbocycles. The van der Waals surface area contributed by atoms with Crippen LogP contribution in [0.1, 0.15) is 24.5 Å². The molecular weight excluding hydrogens is 330 g/mol. The Labute approximate surface area is 132 Å². The van der Waals surface area contributed by atoms with Crippen LogP contribution in [0, 0.1) is 12.3 Å². The maximum atomic E-state index is 12.2. The van der Waals surface area contributed by atoms with Crippen LogP contribution in [0.5, 0.6) is 0 Å². The summed E-state index contributed by atoms with van der Waals surface area (Å²) < 4.78 is 1.06. The number of carbonyl (C=O) groups is 1. The SMILES string of the molecule is C#CC(C)N1C(=O)N=C(N)C12CCc1cc(Br)ccc1C2. The fraction of sp³-hybridized carbons (Fsp3) is 0.375. The van der Waals surface area contributed by atoms with E-state index in [0.717, 1.165) is 17.3 Å². The van der Waals surface area contributed by atoms with Crippen LogP contribution in [0.2, 0.25) is 0 Å². The van der Waals surface area contributed by atoms with Crippen molar-refractivity contribution in [2.45, 2.75) is 37.8 Å². The highest BCUT2D eigenvalue weighted by molar-refractivity contribution is 9.10. The zero-order valence-corrected chi connectivity index (χ0v) is 13.4. The first-order valence-corrected chi connectivity index (χ1v) is 7.68. The van der Waals surface area contributed by atoms with Crippen LogP contribution in [-0.2, 0) is 12.8 Å². The first-order chi connectivity index (χ1) is 9.98. The number of amidine groups is 1. The Kier molecular flexibility index (Phi) is 3.29. The summed E-state index contributed by atoms with van der Waals surface area (Å²) in [5, 5.41) is 0. The molecule has 0 bridgehead atoms. The minimum atomic E-state index is -0.566. The lowest BCUT2D eigenvalue weighted by atomic mass is 9.76. The van der Waals surface area contributed by atoms with Gasteiger partial charge >= 0.3 is 6.03 Å². The van der Waals surface area contributed by atoms with E-state index in [1.807, 2.05) is 13.0 Å². The Bertz CT molecular complexity index is 691. The molecule has 0 fully saturated rings.